The van der Waals surface area contributed by atoms with E-state index in [0.29, 0.717) is 60.9 Å². The highest BCUT2D eigenvalue weighted by Gasteiger charge is 2.40. The lowest BCUT2D eigenvalue weighted by atomic mass is 10.0. The molecule has 0 spiro atoms. The Hall–Kier alpha value is -4.62. The van der Waals surface area contributed by atoms with Crippen molar-refractivity contribution in [3.63, 3.8) is 0 Å². The first-order valence-corrected chi connectivity index (χ1v) is 21.0. The lowest BCUT2D eigenvalue weighted by Gasteiger charge is -2.29. The Kier molecular flexibility index (Phi) is 9.44. The Bertz CT molecular complexity index is 2030. The number of benzene rings is 6. The Balaban J connectivity index is 1.64. The Morgan fingerprint density at radius 3 is 0.980 bits per heavy atom. The fourth-order valence-electron chi connectivity index (χ4n) is 7.13. The van der Waals surface area contributed by atoms with E-state index in [9.17, 15) is 0 Å². The highest BCUT2D eigenvalue weighted by atomic mass is 31.2. The predicted octanol–water partition coefficient (Wildman–Crippen LogP) is 8.80. The van der Waals surface area contributed by atoms with Crippen molar-refractivity contribution >= 4 is 46.1 Å². The molecule has 0 aliphatic carbocycles. The summed E-state index contributed by atoms with van der Waals surface area (Å²) in [6, 6.07) is 43.6. The molecule has 51 heavy (non-hydrogen) atoms. The summed E-state index contributed by atoms with van der Waals surface area (Å²) in [5, 5.41) is 4.09. The van der Waals surface area contributed by atoms with Gasteiger partial charge in [-0.05, 0) is 65.8 Å². The molecule has 6 aromatic rings. The van der Waals surface area contributed by atoms with Crippen molar-refractivity contribution in [2.24, 2.45) is 0 Å². The van der Waals surface area contributed by atoms with Gasteiger partial charge in [0.15, 0.2) is 14.3 Å². The van der Waals surface area contributed by atoms with E-state index in [1.165, 1.54) is 0 Å². The van der Waals surface area contributed by atoms with Gasteiger partial charge in [-0.1, -0.05) is 131 Å². The van der Waals surface area contributed by atoms with Crippen LogP contribution in [-0.2, 0) is 9.13 Å². The van der Waals surface area contributed by atoms with Crippen molar-refractivity contribution in [3.05, 3.63) is 156 Å². The maximum Gasteiger partial charge on any atom is 0.171 e. The third kappa shape index (κ3) is 6.41. The van der Waals surface area contributed by atoms with Crippen LogP contribution in [0.1, 0.15) is 42.5 Å². The van der Waals surface area contributed by atoms with E-state index in [0.717, 1.165) is 22.3 Å². The minimum atomic E-state index is -3.57. The maximum absolute atomic E-state index is 16.4. The summed E-state index contributed by atoms with van der Waals surface area (Å²) in [6.45, 7) is 12.2. The third-order valence-electron chi connectivity index (χ3n) is 9.85. The molecule has 4 nitrogen and oxygen atoms in total. The smallest absolute Gasteiger partial charge is 0.171 e. The fourth-order valence-corrected chi connectivity index (χ4v) is 12.8. The van der Waals surface area contributed by atoms with E-state index < -0.39 is 14.3 Å². The van der Waals surface area contributed by atoms with Crippen LogP contribution in [-0.4, -0.2) is 12.2 Å². The van der Waals surface area contributed by atoms with Crippen LogP contribution in [0.3, 0.4) is 0 Å². The number of ether oxygens (including phenoxy) is 2. The van der Waals surface area contributed by atoms with Gasteiger partial charge in [0.05, 0.1) is 12.2 Å². The van der Waals surface area contributed by atoms with Crippen LogP contribution in [0.2, 0.25) is 0 Å². The highest BCUT2D eigenvalue weighted by Crippen LogP contribution is 2.53. The molecule has 0 bridgehead atoms. The van der Waals surface area contributed by atoms with Gasteiger partial charge in [-0.3, -0.25) is 0 Å². The van der Waals surface area contributed by atoms with E-state index in [-0.39, 0.29) is 12.2 Å². The van der Waals surface area contributed by atoms with Gasteiger partial charge in [0.25, 0.3) is 0 Å². The number of hydrogen-bond acceptors (Lipinski definition) is 4. The lowest BCUT2D eigenvalue weighted by Crippen LogP contribution is -2.30. The first kappa shape index (κ1) is 34.8. The molecule has 1 heterocycles. The largest absolute Gasteiger partial charge is 0.490 e. The minimum Gasteiger partial charge on any atom is -0.490 e. The average molecular weight is 711 g/mol. The molecule has 0 radical (unpaired) electrons. The van der Waals surface area contributed by atoms with Crippen molar-refractivity contribution in [2.45, 2.75) is 60.2 Å². The van der Waals surface area contributed by atoms with E-state index >= 15 is 9.13 Å². The van der Waals surface area contributed by atoms with Crippen molar-refractivity contribution in [1.29, 1.82) is 0 Å². The summed E-state index contributed by atoms with van der Waals surface area (Å²) in [4.78, 5) is 0. The van der Waals surface area contributed by atoms with Crippen molar-refractivity contribution < 1.29 is 18.6 Å². The summed E-state index contributed by atoms with van der Waals surface area (Å²) >= 11 is 0. The van der Waals surface area contributed by atoms with Gasteiger partial charge in [0.2, 0.25) is 0 Å². The van der Waals surface area contributed by atoms with Crippen LogP contribution < -0.4 is 41.3 Å². The molecule has 0 saturated heterocycles. The van der Waals surface area contributed by atoms with Crippen molar-refractivity contribution in [2.75, 3.05) is 0 Å². The summed E-state index contributed by atoms with van der Waals surface area (Å²) in [5.41, 5.74) is 5.62. The Labute approximate surface area is 302 Å². The van der Waals surface area contributed by atoms with Gasteiger partial charge in [0.1, 0.15) is 11.5 Å². The third-order valence-corrected chi connectivity index (χ3v) is 16.1. The van der Waals surface area contributed by atoms with Crippen LogP contribution in [0.25, 0.3) is 11.1 Å². The molecular weight excluding hydrogens is 666 g/mol. The fraction of sp³-hybridized carbons (Fsp3) is 0.200. The zero-order valence-corrected chi connectivity index (χ0v) is 31.9. The molecule has 0 aromatic heterocycles. The first-order valence-electron chi connectivity index (χ1n) is 17.6. The summed E-state index contributed by atoms with van der Waals surface area (Å²) < 4.78 is 46.3. The van der Waals surface area contributed by atoms with Crippen LogP contribution in [0.5, 0.6) is 11.5 Å². The quantitative estimate of drug-likeness (QED) is 0.162. The Morgan fingerprint density at radius 2 is 0.706 bits per heavy atom. The van der Waals surface area contributed by atoms with Crippen LogP contribution in [0, 0.1) is 27.7 Å². The molecular formula is C45H44O4P2. The van der Waals surface area contributed by atoms with Crippen LogP contribution in [0.4, 0.5) is 0 Å². The zero-order chi connectivity index (χ0) is 35.9. The average Bonchev–Trinajstić information content (AvgIpc) is 3.17. The van der Waals surface area contributed by atoms with E-state index in [1.54, 1.807) is 0 Å². The predicted molar refractivity (Wildman–Crippen MR) is 214 cm³/mol. The molecule has 6 heteroatoms. The molecule has 2 atom stereocenters. The first-order chi connectivity index (χ1) is 24.5. The van der Waals surface area contributed by atoms with Crippen LogP contribution in [0.15, 0.2) is 133 Å². The van der Waals surface area contributed by atoms with E-state index in [4.69, 9.17) is 9.47 Å². The van der Waals surface area contributed by atoms with Crippen LogP contribution >= 0.6 is 14.3 Å². The second-order valence-electron chi connectivity index (χ2n) is 14.0. The molecule has 0 unspecified atom stereocenters. The molecule has 0 N–H and O–H groups in total. The van der Waals surface area contributed by atoms with Gasteiger partial charge < -0.3 is 18.6 Å². The topological polar surface area (TPSA) is 52.6 Å². The molecule has 258 valence electrons. The van der Waals surface area contributed by atoms with Gasteiger partial charge in [-0.15, -0.1) is 0 Å². The number of rotatable bonds is 6. The maximum atomic E-state index is 16.4. The summed E-state index contributed by atoms with van der Waals surface area (Å²) in [7, 11) is -7.14. The number of aryl methyl sites for hydroxylation is 4. The second-order valence-corrected chi connectivity index (χ2v) is 19.4. The van der Waals surface area contributed by atoms with Gasteiger partial charge >= 0.3 is 0 Å². The Morgan fingerprint density at radius 1 is 0.431 bits per heavy atom. The highest BCUT2D eigenvalue weighted by molar-refractivity contribution is 7.86. The molecule has 6 aromatic carbocycles. The normalized spacial score (nSPS) is 16.0. The SMILES string of the molecule is Cc1ccc(P(=O)(c2ccc(C)cc2)c2cccc3c2-c2c(cccc2P(=O)(c2ccc(C)cc2)c2ccc(C)cc2)O[C@H](C)C[C@@H](C)O3)cc1. The van der Waals surface area contributed by atoms with Gasteiger partial charge in [-0.25, -0.2) is 0 Å². The van der Waals surface area contributed by atoms with Gasteiger partial charge in [0, 0.05) is 49.4 Å². The zero-order valence-electron chi connectivity index (χ0n) is 30.1. The molecule has 0 amide bonds. The standard InChI is InChI=1S/C45H44O4P2/c1-30-13-21-36(22-14-30)50(46,37-23-15-31(2)16-24-37)42-11-7-9-40-44(42)45-41(49-35(6)29-34(5)48-40)10-8-12-43(45)51(47,38-25-17-32(3)18-26-38)39-27-19-33(4)20-28-39/h7-28,34-35H,29H2,1-6H3/t34-,35-/m1/s1. The molecule has 1 aliphatic heterocycles. The van der Waals surface area contributed by atoms with Gasteiger partial charge in [-0.2, -0.15) is 0 Å². The molecule has 1 aliphatic rings. The molecule has 7 rings (SSSR count). The molecule has 0 fully saturated rings. The monoisotopic (exact) mass is 710 g/mol. The number of hydrogen-bond donors (Lipinski definition) is 0. The van der Waals surface area contributed by atoms with E-state index in [2.05, 4.69) is 0 Å². The summed E-state index contributed by atoms with van der Waals surface area (Å²) in [6.07, 6.45) is 0.228. The lowest BCUT2D eigenvalue weighted by molar-refractivity contribution is 0.134. The number of fused-ring (bicyclic) bond motifs is 3. The van der Waals surface area contributed by atoms with E-state index in [1.807, 2.05) is 175 Å². The second kappa shape index (κ2) is 13.8. The minimum absolute atomic E-state index is 0.203. The van der Waals surface area contributed by atoms with Crippen molar-refractivity contribution in [3.8, 4) is 22.6 Å². The van der Waals surface area contributed by atoms with Crippen molar-refractivity contribution in [1.82, 2.24) is 0 Å². The summed E-state index contributed by atoms with van der Waals surface area (Å²) in [5.74, 6) is 1.18. The molecule has 0 saturated carbocycles.